The standard InChI is InChI=1S/C19H24FN/c1-13(2)11-16-17(12-21-10-4-5-18(16)21)19(20)15-8-6-14(3)7-9-15/h6-9,11,16,18H,4-5,10,12H2,1-3H3/b19-17+/t16-,18+/m0/s1. The highest BCUT2D eigenvalue weighted by molar-refractivity contribution is 5.65. The molecule has 0 aromatic heterocycles. The summed E-state index contributed by atoms with van der Waals surface area (Å²) in [6.45, 7) is 8.16. The first-order valence-electron chi connectivity index (χ1n) is 7.91. The van der Waals surface area contributed by atoms with Crippen LogP contribution in [-0.4, -0.2) is 24.0 Å². The van der Waals surface area contributed by atoms with Crippen molar-refractivity contribution in [2.75, 3.05) is 13.1 Å². The minimum absolute atomic E-state index is 0.00750. The van der Waals surface area contributed by atoms with Crippen LogP contribution in [0.2, 0.25) is 0 Å². The van der Waals surface area contributed by atoms with Crippen LogP contribution >= 0.6 is 0 Å². The molecular formula is C19H24FN. The summed E-state index contributed by atoms with van der Waals surface area (Å²) in [5.41, 5.74) is 4.15. The largest absolute Gasteiger partial charge is 0.295 e. The van der Waals surface area contributed by atoms with Crippen LogP contribution < -0.4 is 0 Å². The van der Waals surface area contributed by atoms with E-state index in [4.69, 9.17) is 0 Å². The summed E-state index contributed by atoms with van der Waals surface area (Å²) in [4.78, 5) is 2.45. The highest BCUT2D eigenvalue weighted by Crippen LogP contribution is 2.41. The number of benzene rings is 1. The van der Waals surface area contributed by atoms with Gasteiger partial charge in [0.05, 0.1) is 0 Å². The summed E-state index contributed by atoms with van der Waals surface area (Å²) in [6.07, 6.45) is 4.70. The van der Waals surface area contributed by atoms with Gasteiger partial charge >= 0.3 is 0 Å². The lowest BCUT2D eigenvalue weighted by Crippen LogP contribution is -2.25. The maximum Gasteiger partial charge on any atom is 0.131 e. The molecule has 2 heteroatoms. The fourth-order valence-electron chi connectivity index (χ4n) is 3.68. The minimum Gasteiger partial charge on any atom is -0.295 e. The van der Waals surface area contributed by atoms with Crippen LogP contribution in [-0.2, 0) is 0 Å². The zero-order chi connectivity index (χ0) is 15.0. The zero-order valence-corrected chi connectivity index (χ0v) is 13.2. The highest BCUT2D eigenvalue weighted by Gasteiger charge is 2.40. The van der Waals surface area contributed by atoms with Gasteiger partial charge < -0.3 is 0 Å². The van der Waals surface area contributed by atoms with E-state index in [0.29, 0.717) is 6.04 Å². The molecule has 0 amide bonds. The normalized spacial score (nSPS) is 27.6. The maximum absolute atomic E-state index is 15.0. The molecule has 0 radical (unpaired) electrons. The first-order valence-corrected chi connectivity index (χ1v) is 7.91. The van der Waals surface area contributed by atoms with Gasteiger partial charge in [0.15, 0.2) is 0 Å². The second-order valence-electron chi connectivity index (χ2n) is 6.66. The molecule has 1 aromatic rings. The molecule has 1 nitrogen and oxygen atoms in total. The van der Waals surface area contributed by atoms with Crippen molar-refractivity contribution in [3.8, 4) is 0 Å². The van der Waals surface area contributed by atoms with Crippen LogP contribution in [0.5, 0.6) is 0 Å². The Balaban J connectivity index is 2.00. The van der Waals surface area contributed by atoms with E-state index >= 15 is 4.39 Å². The third-order valence-electron chi connectivity index (χ3n) is 4.70. The van der Waals surface area contributed by atoms with Gasteiger partial charge in [-0.15, -0.1) is 0 Å². The molecule has 2 heterocycles. The molecule has 0 saturated carbocycles. The van der Waals surface area contributed by atoms with E-state index in [1.807, 2.05) is 31.2 Å². The quantitative estimate of drug-likeness (QED) is 0.710. The molecule has 21 heavy (non-hydrogen) atoms. The lowest BCUT2D eigenvalue weighted by Gasteiger charge is -2.18. The lowest BCUT2D eigenvalue weighted by atomic mass is 9.90. The van der Waals surface area contributed by atoms with Crippen molar-refractivity contribution < 1.29 is 4.39 Å². The van der Waals surface area contributed by atoms with Crippen LogP contribution in [0, 0.1) is 12.8 Å². The van der Waals surface area contributed by atoms with Crippen molar-refractivity contribution in [2.45, 2.75) is 39.7 Å². The monoisotopic (exact) mass is 285 g/mol. The summed E-state index contributed by atoms with van der Waals surface area (Å²) in [6, 6.07) is 8.29. The Morgan fingerprint density at radius 1 is 1.24 bits per heavy atom. The SMILES string of the molecule is CC(C)=C[C@H]1/C(=C(/F)c2ccc(C)cc2)CN2CCC[C@H]12. The number of hydrogen-bond acceptors (Lipinski definition) is 1. The third kappa shape index (κ3) is 2.82. The average Bonchev–Trinajstić information content (AvgIpc) is 3.01. The second-order valence-corrected chi connectivity index (χ2v) is 6.66. The molecule has 1 aromatic carbocycles. The van der Waals surface area contributed by atoms with Crippen molar-refractivity contribution in [1.82, 2.24) is 4.90 Å². The number of hydrogen-bond donors (Lipinski definition) is 0. The van der Waals surface area contributed by atoms with Crippen molar-refractivity contribution in [3.63, 3.8) is 0 Å². The fourth-order valence-corrected chi connectivity index (χ4v) is 3.68. The van der Waals surface area contributed by atoms with Gasteiger partial charge in [0.2, 0.25) is 0 Å². The topological polar surface area (TPSA) is 3.24 Å². The molecule has 0 bridgehead atoms. The Hall–Kier alpha value is -1.41. The van der Waals surface area contributed by atoms with Crippen molar-refractivity contribution in [2.24, 2.45) is 5.92 Å². The van der Waals surface area contributed by atoms with E-state index in [0.717, 1.165) is 24.2 Å². The summed E-state index contributed by atoms with van der Waals surface area (Å²) in [5.74, 6) is 0.241. The molecule has 0 aliphatic carbocycles. The Labute approximate surface area is 127 Å². The Morgan fingerprint density at radius 2 is 1.95 bits per heavy atom. The maximum atomic E-state index is 15.0. The summed E-state index contributed by atoms with van der Waals surface area (Å²) < 4.78 is 15.0. The number of fused-ring (bicyclic) bond motifs is 1. The molecule has 0 spiro atoms. The van der Waals surface area contributed by atoms with Crippen LogP contribution in [0.4, 0.5) is 4.39 Å². The molecule has 0 N–H and O–H groups in total. The van der Waals surface area contributed by atoms with Crippen LogP contribution in [0.1, 0.15) is 37.8 Å². The first-order chi connectivity index (χ1) is 10.1. The minimum atomic E-state index is -0.00750. The molecule has 2 aliphatic heterocycles. The van der Waals surface area contributed by atoms with Gasteiger partial charge in [-0.25, -0.2) is 4.39 Å². The smallest absolute Gasteiger partial charge is 0.131 e. The van der Waals surface area contributed by atoms with E-state index < -0.39 is 0 Å². The predicted molar refractivity (Wildman–Crippen MR) is 86.7 cm³/mol. The van der Waals surface area contributed by atoms with Crippen molar-refractivity contribution in [1.29, 1.82) is 0 Å². The van der Waals surface area contributed by atoms with Gasteiger partial charge in [0.25, 0.3) is 0 Å². The van der Waals surface area contributed by atoms with Gasteiger partial charge in [-0.05, 0) is 45.7 Å². The first kappa shape index (κ1) is 14.5. The molecule has 2 aliphatic rings. The number of halogens is 1. The Morgan fingerprint density at radius 3 is 2.62 bits per heavy atom. The van der Waals surface area contributed by atoms with Crippen LogP contribution in [0.25, 0.3) is 5.83 Å². The van der Waals surface area contributed by atoms with E-state index in [9.17, 15) is 0 Å². The number of nitrogens with zero attached hydrogens (tertiary/aromatic N) is 1. The Kier molecular flexibility index (Phi) is 3.99. The molecule has 112 valence electrons. The Bertz CT molecular complexity index is 578. The van der Waals surface area contributed by atoms with Gasteiger partial charge in [-0.2, -0.15) is 0 Å². The number of aryl methyl sites for hydroxylation is 1. The zero-order valence-electron chi connectivity index (χ0n) is 13.2. The average molecular weight is 285 g/mol. The van der Waals surface area contributed by atoms with E-state index in [2.05, 4.69) is 24.8 Å². The van der Waals surface area contributed by atoms with Gasteiger partial charge in [-0.1, -0.05) is 41.5 Å². The molecule has 3 rings (SSSR count). The van der Waals surface area contributed by atoms with Crippen molar-refractivity contribution in [3.05, 3.63) is 52.6 Å². The fraction of sp³-hybridized carbons (Fsp3) is 0.474. The van der Waals surface area contributed by atoms with Gasteiger partial charge in [-0.3, -0.25) is 4.90 Å². The van der Waals surface area contributed by atoms with Crippen LogP contribution in [0.15, 0.2) is 41.5 Å². The van der Waals surface area contributed by atoms with E-state index in [-0.39, 0.29) is 11.7 Å². The summed E-state index contributed by atoms with van der Waals surface area (Å²) >= 11 is 0. The molecule has 0 unspecified atom stereocenters. The van der Waals surface area contributed by atoms with Crippen molar-refractivity contribution >= 4 is 5.83 Å². The third-order valence-corrected chi connectivity index (χ3v) is 4.70. The van der Waals surface area contributed by atoms with E-state index in [1.165, 1.54) is 24.0 Å². The summed E-state index contributed by atoms with van der Waals surface area (Å²) in [7, 11) is 0. The predicted octanol–water partition coefficient (Wildman–Crippen LogP) is 4.74. The number of allylic oxidation sites excluding steroid dienone is 1. The number of rotatable bonds is 2. The van der Waals surface area contributed by atoms with E-state index in [1.54, 1.807) is 0 Å². The van der Waals surface area contributed by atoms with Crippen LogP contribution in [0.3, 0.4) is 0 Å². The second kappa shape index (κ2) is 5.76. The molecule has 2 fully saturated rings. The van der Waals surface area contributed by atoms with Gasteiger partial charge in [0, 0.05) is 24.1 Å². The molecule has 2 saturated heterocycles. The van der Waals surface area contributed by atoms with Gasteiger partial charge in [0.1, 0.15) is 5.83 Å². The molecular weight excluding hydrogens is 261 g/mol. The molecule has 2 atom stereocenters. The lowest BCUT2D eigenvalue weighted by molar-refractivity contribution is 0.307. The highest BCUT2D eigenvalue weighted by atomic mass is 19.1. The summed E-state index contributed by atoms with van der Waals surface area (Å²) in [5, 5.41) is 0.